The van der Waals surface area contributed by atoms with Crippen LogP contribution in [0, 0.1) is 5.82 Å². The zero-order chi connectivity index (χ0) is 29.5. The Kier molecular flexibility index (Phi) is 7.19. The first kappa shape index (κ1) is 28.1. The second-order valence-corrected chi connectivity index (χ2v) is 10.3. The molecule has 6 nitrogen and oxygen atoms in total. The number of amides is 1. The van der Waals surface area contributed by atoms with E-state index in [4.69, 9.17) is 0 Å². The summed E-state index contributed by atoms with van der Waals surface area (Å²) in [4.78, 5) is 25.4. The third-order valence-electron chi connectivity index (χ3n) is 7.68. The number of alkyl halides is 3. The van der Waals surface area contributed by atoms with Gasteiger partial charge in [-0.25, -0.2) is 9.18 Å². The van der Waals surface area contributed by atoms with Crippen molar-refractivity contribution < 1.29 is 32.3 Å². The van der Waals surface area contributed by atoms with Crippen molar-refractivity contribution in [1.29, 1.82) is 0 Å². The molecule has 1 aliphatic carbocycles. The lowest BCUT2D eigenvalue weighted by molar-refractivity contribution is -0.137. The van der Waals surface area contributed by atoms with Gasteiger partial charge in [-0.3, -0.25) is 9.48 Å². The van der Waals surface area contributed by atoms with Crippen LogP contribution in [0.15, 0.2) is 73.1 Å². The number of carboxylic acids is 1. The number of anilines is 1. The minimum absolute atomic E-state index is 0.0322. The number of nitrogens with zero attached hydrogens (tertiary/aromatic N) is 2. The molecular formula is C31H27F4N3O3. The molecule has 0 bridgehead atoms. The van der Waals surface area contributed by atoms with Gasteiger partial charge in [-0.15, -0.1) is 0 Å². The number of aromatic carboxylic acids is 1. The molecule has 4 aromatic rings. The molecule has 1 aliphatic rings. The highest BCUT2D eigenvalue weighted by molar-refractivity contribution is 6.03. The van der Waals surface area contributed by atoms with Gasteiger partial charge in [-0.05, 0) is 67.1 Å². The number of aromatic nitrogens is 2. The SMILES string of the molecule is CC[C@H](C)n1cc(-c2ccc(NC(=O)C3(c4ccc(-c5ccccc5C(F)(F)F)cc4F)CC3)cc2C(=O)O)cn1. The minimum Gasteiger partial charge on any atom is -0.478 e. The van der Waals surface area contributed by atoms with Crippen molar-refractivity contribution in [1.82, 2.24) is 9.78 Å². The minimum atomic E-state index is -4.61. The predicted molar refractivity (Wildman–Crippen MR) is 146 cm³/mol. The van der Waals surface area contributed by atoms with Crippen molar-refractivity contribution in [2.24, 2.45) is 0 Å². The predicted octanol–water partition coefficient (Wildman–Crippen LogP) is 7.71. The Bertz CT molecular complexity index is 1640. The van der Waals surface area contributed by atoms with Crippen LogP contribution in [0.3, 0.4) is 0 Å². The van der Waals surface area contributed by atoms with Crippen LogP contribution in [0.4, 0.5) is 23.2 Å². The normalized spacial score (nSPS) is 14.9. The molecule has 1 atom stereocenters. The molecule has 0 spiro atoms. The zero-order valence-electron chi connectivity index (χ0n) is 22.3. The molecular weight excluding hydrogens is 538 g/mol. The highest BCUT2D eigenvalue weighted by Crippen LogP contribution is 2.50. The Labute approximate surface area is 233 Å². The van der Waals surface area contributed by atoms with Crippen molar-refractivity contribution in [3.8, 4) is 22.3 Å². The number of carbonyl (C=O) groups excluding carboxylic acids is 1. The van der Waals surface area contributed by atoms with Gasteiger partial charge in [0, 0.05) is 29.1 Å². The van der Waals surface area contributed by atoms with Crippen molar-refractivity contribution in [3.63, 3.8) is 0 Å². The van der Waals surface area contributed by atoms with Gasteiger partial charge >= 0.3 is 12.1 Å². The average Bonchev–Trinajstić information content (AvgIpc) is 3.60. The number of benzene rings is 3. The Morgan fingerprint density at radius 3 is 2.41 bits per heavy atom. The first-order chi connectivity index (χ1) is 19.4. The lowest BCUT2D eigenvalue weighted by atomic mass is 9.91. The summed E-state index contributed by atoms with van der Waals surface area (Å²) in [5.41, 5.74) is -0.856. The summed E-state index contributed by atoms with van der Waals surface area (Å²) in [5.74, 6) is -2.49. The molecule has 1 saturated carbocycles. The van der Waals surface area contributed by atoms with Crippen LogP contribution in [-0.4, -0.2) is 26.8 Å². The Morgan fingerprint density at radius 2 is 1.78 bits per heavy atom. The summed E-state index contributed by atoms with van der Waals surface area (Å²) in [5, 5.41) is 16.9. The number of carbonyl (C=O) groups is 2. The Hall–Kier alpha value is -4.47. The zero-order valence-corrected chi connectivity index (χ0v) is 22.3. The van der Waals surface area contributed by atoms with Crippen LogP contribution in [0.5, 0.6) is 0 Å². The Morgan fingerprint density at radius 1 is 1.05 bits per heavy atom. The third kappa shape index (κ3) is 5.33. The van der Waals surface area contributed by atoms with Gasteiger partial charge in [0.25, 0.3) is 0 Å². The lowest BCUT2D eigenvalue weighted by Gasteiger charge is -2.19. The van der Waals surface area contributed by atoms with Crippen LogP contribution in [-0.2, 0) is 16.4 Å². The molecule has 0 aliphatic heterocycles. The molecule has 0 saturated heterocycles. The molecule has 3 aromatic carbocycles. The third-order valence-corrected chi connectivity index (χ3v) is 7.68. The van der Waals surface area contributed by atoms with E-state index in [0.29, 0.717) is 24.0 Å². The molecule has 1 fully saturated rings. The van der Waals surface area contributed by atoms with Gasteiger partial charge in [0.05, 0.1) is 22.7 Å². The molecule has 1 amide bonds. The highest BCUT2D eigenvalue weighted by atomic mass is 19.4. The standard InChI is InChI=1S/C31H27F4N3O3/c1-3-18(2)38-17-20(16-36-38)22-10-9-21(15-24(22)28(39)40)37-29(41)30(12-13-30)26-11-8-19(14-27(26)32)23-6-4-5-7-25(23)31(33,34)35/h4-11,14-18H,3,12-13H2,1-2H3,(H,37,41)(H,39,40)/t18-/m0/s1. The molecule has 2 N–H and O–H groups in total. The fraction of sp³-hybridized carbons (Fsp3) is 0.258. The van der Waals surface area contributed by atoms with Crippen LogP contribution >= 0.6 is 0 Å². The average molecular weight is 566 g/mol. The van der Waals surface area contributed by atoms with Crippen LogP contribution in [0.1, 0.15) is 60.6 Å². The second-order valence-electron chi connectivity index (χ2n) is 10.3. The Balaban J connectivity index is 1.41. The summed E-state index contributed by atoms with van der Waals surface area (Å²) in [7, 11) is 0. The number of hydrogen-bond acceptors (Lipinski definition) is 3. The van der Waals surface area contributed by atoms with Crippen molar-refractivity contribution in [2.75, 3.05) is 5.32 Å². The topological polar surface area (TPSA) is 84.2 Å². The van der Waals surface area contributed by atoms with E-state index in [1.807, 2.05) is 13.8 Å². The van der Waals surface area contributed by atoms with Gasteiger partial charge < -0.3 is 10.4 Å². The largest absolute Gasteiger partial charge is 0.478 e. The smallest absolute Gasteiger partial charge is 0.417 e. The van der Waals surface area contributed by atoms with Crippen LogP contribution < -0.4 is 5.32 Å². The van der Waals surface area contributed by atoms with E-state index in [2.05, 4.69) is 10.4 Å². The number of hydrogen-bond donors (Lipinski definition) is 2. The molecule has 1 heterocycles. The van der Waals surface area contributed by atoms with Gasteiger partial charge in [0.15, 0.2) is 0 Å². The molecule has 5 rings (SSSR count). The van der Waals surface area contributed by atoms with Crippen molar-refractivity contribution in [2.45, 2.75) is 50.7 Å². The fourth-order valence-corrected chi connectivity index (χ4v) is 5.00. The van der Waals surface area contributed by atoms with E-state index in [-0.39, 0.29) is 34.0 Å². The van der Waals surface area contributed by atoms with Gasteiger partial charge in [0.1, 0.15) is 5.82 Å². The maximum atomic E-state index is 15.3. The van der Waals surface area contributed by atoms with E-state index in [1.54, 1.807) is 29.2 Å². The summed E-state index contributed by atoms with van der Waals surface area (Å²) >= 11 is 0. The highest BCUT2D eigenvalue weighted by Gasteiger charge is 2.53. The van der Waals surface area contributed by atoms with Crippen molar-refractivity contribution >= 4 is 17.6 Å². The first-order valence-corrected chi connectivity index (χ1v) is 13.1. The van der Waals surface area contributed by atoms with Crippen LogP contribution in [0.2, 0.25) is 0 Å². The molecule has 41 heavy (non-hydrogen) atoms. The lowest BCUT2D eigenvalue weighted by Crippen LogP contribution is -2.28. The molecule has 0 radical (unpaired) electrons. The number of nitrogens with one attached hydrogen (secondary N) is 1. The number of rotatable bonds is 8. The second kappa shape index (κ2) is 10.5. The monoisotopic (exact) mass is 565 g/mol. The number of halogens is 4. The van der Waals surface area contributed by atoms with E-state index in [1.165, 1.54) is 36.4 Å². The van der Waals surface area contributed by atoms with Gasteiger partial charge in [0.2, 0.25) is 5.91 Å². The van der Waals surface area contributed by atoms with Gasteiger partial charge in [-0.1, -0.05) is 43.3 Å². The molecule has 0 unspecified atom stereocenters. The summed E-state index contributed by atoms with van der Waals surface area (Å²) < 4.78 is 57.6. The summed E-state index contributed by atoms with van der Waals surface area (Å²) in [6.07, 6.45) is 0.281. The van der Waals surface area contributed by atoms with E-state index in [9.17, 15) is 27.9 Å². The van der Waals surface area contributed by atoms with Crippen LogP contribution in [0.25, 0.3) is 22.3 Å². The summed E-state index contributed by atoms with van der Waals surface area (Å²) in [6.45, 7) is 4.02. The first-order valence-electron chi connectivity index (χ1n) is 13.1. The molecule has 1 aromatic heterocycles. The quantitative estimate of drug-likeness (QED) is 0.214. The van der Waals surface area contributed by atoms with E-state index < -0.39 is 34.8 Å². The maximum absolute atomic E-state index is 15.3. The molecule has 212 valence electrons. The van der Waals surface area contributed by atoms with Crippen molar-refractivity contribution in [3.05, 3.63) is 95.6 Å². The van der Waals surface area contributed by atoms with E-state index >= 15 is 4.39 Å². The fourth-order valence-electron chi connectivity index (χ4n) is 5.00. The summed E-state index contributed by atoms with van der Waals surface area (Å²) in [6, 6.07) is 13.3. The van der Waals surface area contributed by atoms with Gasteiger partial charge in [-0.2, -0.15) is 18.3 Å². The maximum Gasteiger partial charge on any atom is 0.417 e. The van der Waals surface area contributed by atoms with E-state index in [0.717, 1.165) is 18.6 Å². The number of carboxylic acid groups (broad SMARTS) is 1. The molecule has 10 heteroatoms.